The van der Waals surface area contributed by atoms with Gasteiger partial charge >= 0.3 is 0 Å². The van der Waals surface area contributed by atoms with Crippen molar-refractivity contribution >= 4 is 40.0 Å². The summed E-state index contributed by atoms with van der Waals surface area (Å²) in [6.07, 6.45) is 2.14. The molecular weight excluding hydrogens is 348 g/mol. The second-order valence-electron chi connectivity index (χ2n) is 5.58. The number of para-hydroxylation sites is 1. The molecule has 0 aromatic heterocycles. The number of nitrogens with zero attached hydrogens (tertiary/aromatic N) is 2. The fraction of sp³-hybridized carbons (Fsp3) is 0. The molecule has 1 aliphatic rings. The Hall–Kier alpha value is -2.49. The standard InChI is InChI=1S/C21H15ClN2S/c22-18-13-11-16(12-14-18)20-15-24(19-9-5-2-6-10-19)21(23-25-20)17-7-3-1-4-8-17/h1-15H. The van der Waals surface area contributed by atoms with Crippen molar-refractivity contribution in [1.29, 1.82) is 0 Å². The zero-order valence-electron chi connectivity index (χ0n) is 13.3. The Morgan fingerprint density at radius 2 is 1.36 bits per heavy atom. The normalized spacial score (nSPS) is 14.0. The number of benzene rings is 3. The molecule has 0 atom stereocenters. The molecule has 4 heteroatoms. The first-order valence-corrected chi connectivity index (χ1v) is 9.09. The summed E-state index contributed by atoms with van der Waals surface area (Å²) >= 11 is 7.50. The molecule has 0 bridgehead atoms. The van der Waals surface area contributed by atoms with Gasteiger partial charge in [-0.05, 0) is 29.8 Å². The monoisotopic (exact) mass is 362 g/mol. The lowest BCUT2D eigenvalue weighted by Gasteiger charge is -2.27. The maximum atomic E-state index is 6.01. The van der Waals surface area contributed by atoms with Crippen molar-refractivity contribution in [2.24, 2.45) is 4.40 Å². The molecule has 0 unspecified atom stereocenters. The summed E-state index contributed by atoms with van der Waals surface area (Å²) in [5, 5.41) is 0.735. The van der Waals surface area contributed by atoms with E-state index in [0.29, 0.717) is 0 Å². The van der Waals surface area contributed by atoms with Gasteiger partial charge in [-0.2, -0.15) is 4.40 Å². The molecule has 0 saturated heterocycles. The SMILES string of the molecule is Clc1ccc(C2=CN(c3ccccc3)C(c3ccccc3)=NS2)cc1. The molecule has 0 fully saturated rings. The van der Waals surface area contributed by atoms with E-state index in [1.807, 2.05) is 60.7 Å². The molecule has 2 nitrogen and oxygen atoms in total. The first-order chi connectivity index (χ1) is 12.3. The smallest absolute Gasteiger partial charge is 0.152 e. The van der Waals surface area contributed by atoms with Gasteiger partial charge in [0.1, 0.15) is 0 Å². The molecule has 4 rings (SSSR count). The maximum Gasteiger partial charge on any atom is 0.152 e. The zero-order chi connectivity index (χ0) is 17.1. The van der Waals surface area contributed by atoms with Gasteiger partial charge in [0.25, 0.3) is 0 Å². The van der Waals surface area contributed by atoms with Crippen LogP contribution < -0.4 is 4.90 Å². The second kappa shape index (κ2) is 7.18. The Balaban J connectivity index is 1.77. The van der Waals surface area contributed by atoms with Crippen LogP contribution in [0.4, 0.5) is 5.69 Å². The molecular formula is C21H15ClN2S. The Morgan fingerprint density at radius 3 is 2.04 bits per heavy atom. The molecule has 0 spiro atoms. The van der Waals surface area contributed by atoms with E-state index in [1.54, 1.807) is 0 Å². The van der Waals surface area contributed by atoms with Crippen molar-refractivity contribution in [2.45, 2.75) is 0 Å². The molecule has 0 aliphatic carbocycles. The highest BCUT2D eigenvalue weighted by Gasteiger charge is 2.20. The average Bonchev–Trinajstić information content (AvgIpc) is 2.69. The Morgan fingerprint density at radius 1 is 0.720 bits per heavy atom. The fourth-order valence-corrected chi connectivity index (χ4v) is 3.54. The quantitative estimate of drug-likeness (QED) is 0.511. The molecule has 122 valence electrons. The molecule has 1 aliphatic heterocycles. The van der Waals surface area contributed by atoms with Crippen molar-refractivity contribution < 1.29 is 0 Å². The lowest BCUT2D eigenvalue weighted by atomic mass is 10.1. The zero-order valence-corrected chi connectivity index (χ0v) is 14.9. The molecule has 0 saturated carbocycles. The molecule has 3 aromatic rings. The minimum atomic E-state index is 0.735. The van der Waals surface area contributed by atoms with E-state index >= 15 is 0 Å². The summed E-state index contributed by atoms with van der Waals surface area (Å²) in [6.45, 7) is 0. The third-order valence-electron chi connectivity index (χ3n) is 3.90. The van der Waals surface area contributed by atoms with E-state index in [2.05, 4.69) is 35.4 Å². The summed E-state index contributed by atoms with van der Waals surface area (Å²) in [4.78, 5) is 3.22. The first-order valence-electron chi connectivity index (χ1n) is 7.94. The van der Waals surface area contributed by atoms with E-state index in [-0.39, 0.29) is 0 Å². The maximum absolute atomic E-state index is 6.01. The number of anilines is 1. The second-order valence-corrected chi connectivity index (χ2v) is 6.82. The van der Waals surface area contributed by atoms with Gasteiger partial charge in [0.05, 0.1) is 4.91 Å². The number of amidine groups is 1. The van der Waals surface area contributed by atoms with Gasteiger partial charge < -0.3 is 0 Å². The molecule has 0 radical (unpaired) electrons. The number of halogens is 1. The van der Waals surface area contributed by atoms with Crippen LogP contribution in [0.15, 0.2) is 95.5 Å². The number of hydrogen-bond acceptors (Lipinski definition) is 3. The van der Waals surface area contributed by atoms with Crippen LogP contribution >= 0.6 is 23.5 Å². The summed E-state index contributed by atoms with van der Waals surface area (Å²) in [5.41, 5.74) is 3.27. The van der Waals surface area contributed by atoms with Crippen LogP contribution in [0, 0.1) is 0 Å². The first kappa shape index (κ1) is 16.0. The van der Waals surface area contributed by atoms with Crippen LogP contribution in [0.1, 0.15) is 11.1 Å². The largest absolute Gasteiger partial charge is 0.300 e. The van der Waals surface area contributed by atoms with Crippen molar-refractivity contribution in [2.75, 3.05) is 4.90 Å². The van der Waals surface area contributed by atoms with E-state index < -0.39 is 0 Å². The number of rotatable bonds is 3. The van der Waals surface area contributed by atoms with E-state index in [0.717, 1.165) is 32.6 Å². The van der Waals surface area contributed by atoms with Crippen molar-refractivity contribution in [3.8, 4) is 0 Å². The van der Waals surface area contributed by atoms with Crippen molar-refractivity contribution in [3.05, 3.63) is 107 Å². The van der Waals surface area contributed by atoms with Crippen LogP contribution in [0.2, 0.25) is 5.02 Å². The van der Waals surface area contributed by atoms with Gasteiger partial charge in [0.2, 0.25) is 0 Å². The minimum Gasteiger partial charge on any atom is -0.300 e. The Kier molecular flexibility index (Phi) is 4.59. The minimum absolute atomic E-state index is 0.735. The van der Waals surface area contributed by atoms with Gasteiger partial charge in [0, 0.05) is 34.4 Å². The van der Waals surface area contributed by atoms with Crippen LogP contribution in [0.3, 0.4) is 0 Å². The summed E-state index contributed by atoms with van der Waals surface area (Å²) in [7, 11) is 0. The van der Waals surface area contributed by atoms with Crippen molar-refractivity contribution in [3.63, 3.8) is 0 Å². The summed E-state index contributed by atoms with van der Waals surface area (Å²) < 4.78 is 4.80. The van der Waals surface area contributed by atoms with Gasteiger partial charge in [-0.25, -0.2) is 0 Å². The summed E-state index contributed by atoms with van der Waals surface area (Å²) in [5.74, 6) is 0.925. The fourth-order valence-electron chi connectivity index (χ4n) is 2.64. The third-order valence-corrected chi connectivity index (χ3v) is 4.95. The molecule has 0 N–H and O–H groups in total. The van der Waals surface area contributed by atoms with Crippen LogP contribution in [0.25, 0.3) is 4.91 Å². The number of hydrogen-bond donors (Lipinski definition) is 0. The van der Waals surface area contributed by atoms with E-state index in [4.69, 9.17) is 16.0 Å². The third kappa shape index (κ3) is 3.48. The van der Waals surface area contributed by atoms with Gasteiger partial charge in [-0.15, -0.1) is 0 Å². The summed E-state index contributed by atoms with van der Waals surface area (Å²) in [6, 6.07) is 28.4. The van der Waals surface area contributed by atoms with Gasteiger partial charge in [-0.1, -0.05) is 72.3 Å². The highest BCUT2D eigenvalue weighted by Crippen LogP contribution is 2.36. The molecule has 1 heterocycles. The highest BCUT2D eigenvalue weighted by atomic mass is 35.5. The molecule has 25 heavy (non-hydrogen) atoms. The van der Waals surface area contributed by atoms with Crippen LogP contribution in [-0.4, -0.2) is 5.84 Å². The Bertz CT molecular complexity index is 919. The molecule has 3 aromatic carbocycles. The Labute approximate surface area is 156 Å². The highest BCUT2D eigenvalue weighted by molar-refractivity contribution is 8.07. The van der Waals surface area contributed by atoms with Crippen LogP contribution in [0.5, 0.6) is 0 Å². The van der Waals surface area contributed by atoms with E-state index in [9.17, 15) is 0 Å². The predicted molar refractivity (Wildman–Crippen MR) is 109 cm³/mol. The molecule has 0 amide bonds. The van der Waals surface area contributed by atoms with E-state index in [1.165, 1.54) is 11.9 Å². The average molecular weight is 363 g/mol. The topological polar surface area (TPSA) is 15.6 Å². The lowest BCUT2D eigenvalue weighted by Crippen LogP contribution is -2.28. The van der Waals surface area contributed by atoms with Crippen LogP contribution in [-0.2, 0) is 0 Å². The van der Waals surface area contributed by atoms with Gasteiger partial charge in [-0.3, -0.25) is 4.90 Å². The van der Waals surface area contributed by atoms with Gasteiger partial charge in [0.15, 0.2) is 5.84 Å². The lowest BCUT2D eigenvalue weighted by molar-refractivity contribution is 1.33. The van der Waals surface area contributed by atoms with Crippen molar-refractivity contribution in [1.82, 2.24) is 0 Å². The predicted octanol–water partition coefficient (Wildman–Crippen LogP) is 6.25.